The molecular weight excluding hydrogens is 438 g/mol. The Labute approximate surface area is 187 Å². The van der Waals surface area contributed by atoms with E-state index in [4.69, 9.17) is 25.8 Å². The monoisotopic (exact) mass is 455 g/mol. The van der Waals surface area contributed by atoms with Gasteiger partial charge in [0, 0.05) is 16.1 Å². The van der Waals surface area contributed by atoms with Gasteiger partial charge in [0.15, 0.2) is 5.78 Å². The summed E-state index contributed by atoms with van der Waals surface area (Å²) in [7, 11) is 4.24. The first-order valence-corrected chi connectivity index (χ1v) is 9.75. The van der Waals surface area contributed by atoms with E-state index in [2.05, 4.69) is 20.8 Å². The number of aromatic nitrogens is 4. The number of carbonyl (C=O) groups excluding carboxylic acids is 2. The molecule has 32 heavy (non-hydrogen) atoms. The number of carbonyl (C=O) groups is 2. The fourth-order valence-corrected chi connectivity index (χ4v) is 3.61. The van der Waals surface area contributed by atoms with Gasteiger partial charge < -0.3 is 19.5 Å². The lowest BCUT2D eigenvalue weighted by Gasteiger charge is -2.29. The van der Waals surface area contributed by atoms with Crippen LogP contribution in [0.5, 0.6) is 11.5 Å². The van der Waals surface area contributed by atoms with Crippen LogP contribution in [-0.4, -0.2) is 53.3 Å². The summed E-state index contributed by atoms with van der Waals surface area (Å²) < 4.78 is 17.2. The number of Topliss-reactive ketones (excluding diaryl/α,β-unsaturated/α-hetero) is 1. The molecule has 2 aromatic carbocycles. The number of tetrazole rings is 1. The smallest absolute Gasteiger partial charge is 0.355 e. The number of hydrogen-bond donors (Lipinski definition) is 1. The van der Waals surface area contributed by atoms with Gasteiger partial charge in [-0.2, -0.15) is 4.68 Å². The van der Waals surface area contributed by atoms with Gasteiger partial charge in [-0.25, -0.2) is 4.79 Å². The van der Waals surface area contributed by atoms with Crippen molar-refractivity contribution in [1.82, 2.24) is 20.2 Å². The van der Waals surface area contributed by atoms with Crippen LogP contribution in [0.3, 0.4) is 0 Å². The third kappa shape index (κ3) is 3.65. The summed E-state index contributed by atoms with van der Waals surface area (Å²) in [5.41, 5.74) is 0.826. The maximum Gasteiger partial charge on any atom is 0.355 e. The highest BCUT2D eigenvalue weighted by molar-refractivity contribution is 6.30. The number of anilines is 1. The maximum absolute atomic E-state index is 13.7. The average Bonchev–Trinajstić information content (AvgIpc) is 3.30. The van der Waals surface area contributed by atoms with Crippen LogP contribution < -0.4 is 14.8 Å². The Morgan fingerprint density at radius 3 is 2.47 bits per heavy atom. The summed E-state index contributed by atoms with van der Waals surface area (Å²) in [6.45, 7) is 0. The molecule has 1 aromatic heterocycles. The van der Waals surface area contributed by atoms with Crippen LogP contribution in [0.4, 0.5) is 5.95 Å². The van der Waals surface area contributed by atoms with E-state index in [9.17, 15) is 9.59 Å². The molecule has 0 unspecified atom stereocenters. The highest BCUT2D eigenvalue weighted by Crippen LogP contribution is 2.41. The van der Waals surface area contributed by atoms with Gasteiger partial charge in [-0.1, -0.05) is 16.7 Å². The highest BCUT2D eigenvalue weighted by atomic mass is 35.5. The van der Waals surface area contributed by atoms with Crippen molar-refractivity contribution in [2.75, 3.05) is 26.6 Å². The van der Waals surface area contributed by atoms with Crippen LogP contribution in [0.15, 0.2) is 53.7 Å². The topological polar surface area (TPSA) is 117 Å². The van der Waals surface area contributed by atoms with Crippen molar-refractivity contribution >= 4 is 29.3 Å². The number of ether oxygens (including phenoxy) is 3. The molecule has 1 N–H and O–H groups in total. The number of hydrogen-bond acceptors (Lipinski definition) is 9. The summed E-state index contributed by atoms with van der Waals surface area (Å²) in [6, 6.07) is 10.5. The Morgan fingerprint density at radius 2 is 1.81 bits per heavy atom. The zero-order chi connectivity index (χ0) is 22.8. The number of halogens is 1. The van der Waals surface area contributed by atoms with E-state index in [0.29, 0.717) is 27.6 Å². The SMILES string of the molecule is COC(=O)C1=C(C(=O)c2ccc(Cl)cc2)[C@H](c2cc(OC)ccc2OC)n2nnnc2N1. The van der Waals surface area contributed by atoms with Crippen molar-refractivity contribution in [3.63, 3.8) is 0 Å². The van der Waals surface area contributed by atoms with Crippen molar-refractivity contribution in [2.24, 2.45) is 0 Å². The average molecular weight is 456 g/mol. The van der Waals surface area contributed by atoms with E-state index in [1.54, 1.807) is 42.5 Å². The number of allylic oxidation sites excluding steroid dienone is 1. The third-order valence-corrected chi connectivity index (χ3v) is 5.24. The van der Waals surface area contributed by atoms with Crippen LogP contribution >= 0.6 is 11.6 Å². The summed E-state index contributed by atoms with van der Waals surface area (Å²) in [6.07, 6.45) is 0. The molecule has 0 fully saturated rings. The van der Waals surface area contributed by atoms with Gasteiger partial charge in [-0.15, -0.1) is 0 Å². The van der Waals surface area contributed by atoms with Crippen LogP contribution in [0, 0.1) is 0 Å². The van der Waals surface area contributed by atoms with Gasteiger partial charge in [0.2, 0.25) is 5.95 Å². The van der Waals surface area contributed by atoms with E-state index in [1.807, 2.05) is 0 Å². The van der Waals surface area contributed by atoms with Crippen LogP contribution in [-0.2, 0) is 9.53 Å². The Bertz CT molecular complexity index is 1220. The standard InChI is InChI=1S/C21H18ClN5O5/c1-30-13-8-9-15(31-2)14(10-13)18-16(19(28)11-4-6-12(22)7-5-11)17(20(29)32-3)23-21-24-25-26-27(18)21/h4-10,18H,1-3H3,(H,23,24,26)/t18-/m0/s1. The minimum Gasteiger partial charge on any atom is -0.497 e. The van der Waals surface area contributed by atoms with Crippen LogP contribution in [0.25, 0.3) is 0 Å². The first kappa shape index (κ1) is 21.3. The molecule has 0 bridgehead atoms. The Hall–Kier alpha value is -3.92. The summed E-state index contributed by atoms with van der Waals surface area (Å²) in [5, 5.41) is 15.0. The molecule has 0 spiro atoms. The number of methoxy groups -OCH3 is 3. The second kappa shape index (κ2) is 8.67. The zero-order valence-corrected chi connectivity index (χ0v) is 18.1. The molecule has 10 nitrogen and oxygen atoms in total. The summed E-state index contributed by atoms with van der Waals surface area (Å²) in [5.74, 6) is -0.0569. The molecule has 3 aromatic rings. The third-order valence-electron chi connectivity index (χ3n) is 4.99. The van der Waals surface area contributed by atoms with Gasteiger partial charge in [0.05, 0.1) is 26.9 Å². The molecule has 11 heteroatoms. The van der Waals surface area contributed by atoms with Gasteiger partial charge >= 0.3 is 5.97 Å². The lowest BCUT2D eigenvalue weighted by Crippen LogP contribution is -2.33. The highest BCUT2D eigenvalue weighted by Gasteiger charge is 2.40. The molecule has 1 atom stereocenters. The van der Waals surface area contributed by atoms with Gasteiger partial charge in [-0.3, -0.25) is 4.79 Å². The van der Waals surface area contributed by atoms with Gasteiger partial charge in [0.1, 0.15) is 23.2 Å². The van der Waals surface area contributed by atoms with Crippen molar-refractivity contribution in [2.45, 2.75) is 6.04 Å². The quantitative estimate of drug-likeness (QED) is 0.442. The van der Waals surface area contributed by atoms with Gasteiger partial charge in [-0.05, 0) is 52.9 Å². The Morgan fingerprint density at radius 1 is 1.06 bits per heavy atom. The van der Waals surface area contributed by atoms with Crippen molar-refractivity contribution in [3.05, 3.63) is 69.9 Å². The van der Waals surface area contributed by atoms with Crippen molar-refractivity contribution < 1.29 is 23.8 Å². The minimum absolute atomic E-state index is 0.0746. The molecule has 2 heterocycles. The second-order valence-corrected chi connectivity index (χ2v) is 7.14. The molecule has 4 rings (SSSR count). The molecule has 0 radical (unpaired) electrons. The summed E-state index contributed by atoms with van der Waals surface area (Å²) in [4.78, 5) is 26.4. The molecule has 1 aliphatic heterocycles. The molecule has 164 valence electrons. The van der Waals surface area contributed by atoms with Crippen LogP contribution in [0.2, 0.25) is 5.02 Å². The van der Waals surface area contributed by atoms with Crippen LogP contribution in [0.1, 0.15) is 22.0 Å². The molecule has 0 saturated carbocycles. The second-order valence-electron chi connectivity index (χ2n) is 6.70. The number of nitrogens with zero attached hydrogens (tertiary/aromatic N) is 4. The van der Waals surface area contributed by atoms with E-state index in [1.165, 1.54) is 26.0 Å². The van der Waals surface area contributed by atoms with E-state index < -0.39 is 17.8 Å². The molecule has 0 amide bonds. The Kier molecular flexibility index (Phi) is 5.78. The normalized spacial score (nSPS) is 14.9. The molecule has 0 saturated heterocycles. The number of ketones is 1. The molecule has 1 aliphatic rings. The lowest BCUT2D eigenvalue weighted by atomic mass is 9.89. The molecular formula is C21H18ClN5O5. The van der Waals surface area contributed by atoms with Crippen molar-refractivity contribution in [1.29, 1.82) is 0 Å². The summed E-state index contributed by atoms with van der Waals surface area (Å²) >= 11 is 5.98. The van der Waals surface area contributed by atoms with E-state index in [-0.39, 0.29) is 17.2 Å². The van der Waals surface area contributed by atoms with E-state index in [0.717, 1.165) is 0 Å². The maximum atomic E-state index is 13.7. The first-order valence-electron chi connectivity index (χ1n) is 9.38. The lowest BCUT2D eigenvalue weighted by molar-refractivity contribution is -0.136. The number of esters is 1. The fraction of sp³-hybridized carbons (Fsp3) is 0.190. The molecule has 0 aliphatic carbocycles. The first-order chi connectivity index (χ1) is 15.5. The number of rotatable bonds is 6. The zero-order valence-electron chi connectivity index (χ0n) is 17.3. The van der Waals surface area contributed by atoms with E-state index >= 15 is 0 Å². The number of fused-ring (bicyclic) bond motifs is 1. The largest absolute Gasteiger partial charge is 0.497 e. The predicted octanol–water partition coefficient (Wildman–Crippen LogP) is 2.67. The van der Waals surface area contributed by atoms with Crippen molar-refractivity contribution in [3.8, 4) is 11.5 Å². The number of benzene rings is 2. The number of nitrogens with one attached hydrogen (secondary N) is 1. The minimum atomic E-state index is -0.913. The van der Waals surface area contributed by atoms with Gasteiger partial charge in [0.25, 0.3) is 0 Å². The predicted molar refractivity (Wildman–Crippen MR) is 114 cm³/mol. The fourth-order valence-electron chi connectivity index (χ4n) is 3.49. The Balaban J connectivity index is 2.00.